The summed E-state index contributed by atoms with van der Waals surface area (Å²) in [6.45, 7) is 4.32. The Bertz CT molecular complexity index is 406. The predicted octanol–water partition coefficient (Wildman–Crippen LogP) is 1.29. The largest absolute Gasteiger partial charge is 0.342 e. The molecule has 0 saturated carbocycles. The molecule has 0 spiro atoms. The fourth-order valence-electron chi connectivity index (χ4n) is 1.42. The Labute approximate surface area is 102 Å². The van der Waals surface area contributed by atoms with Crippen molar-refractivity contribution in [3.05, 3.63) is 35.4 Å². The number of amides is 1. The molecule has 1 amide bonds. The van der Waals surface area contributed by atoms with Gasteiger partial charge in [0.05, 0.1) is 12.6 Å². The van der Waals surface area contributed by atoms with Crippen LogP contribution in [0.25, 0.3) is 0 Å². The Morgan fingerprint density at radius 2 is 2.06 bits per heavy atom. The average molecular weight is 231 g/mol. The summed E-state index contributed by atoms with van der Waals surface area (Å²) in [5.41, 5.74) is 2.36. The van der Waals surface area contributed by atoms with E-state index < -0.39 is 0 Å². The average Bonchev–Trinajstić information content (AvgIpc) is 2.34. The van der Waals surface area contributed by atoms with E-state index in [1.807, 2.05) is 44.2 Å². The number of carbonyl (C=O) groups excluding carboxylic acids is 1. The molecule has 17 heavy (non-hydrogen) atoms. The summed E-state index contributed by atoms with van der Waals surface area (Å²) in [5, 5.41) is 13.9. The second-order valence-corrected chi connectivity index (χ2v) is 3.95. The molecule has 0 bridgehead atoms. The first kappa shape index (κ1) is 13.2. The summed E-state index contributed by atoms with van der Waals surface area (Å²) in [7, 11) is 0. The van der Waals surface area contributed by atoms with E-state index >= 15 is 0 Å². The quantitative estimate of drug-likeness (QED) is 0.750. The van der Waals surface area contributed by atoms with Gasteiger partial charge < -0.3 is 10.6 Å². The Morgan fingerprint density at radius 1 is 1.41 bits per heavy atom. The van der Waals surface area contributed by atoms with Crippen LogP contribution in [0.5, 0.6) is 0 Å². The van der Waals surface area contributed by atoms with Gasteiger partial charge in [-0.2, -0.15) is 5.26 Å². The number of rotatable bonds is 5. The van der Waals surface area contributed by atoms with Gasteiger partial charge in [-0.3, -0.25) is 4.79 Å². The Morgan fingerprint density at radius 3 is 2.65 bits per heavy atom. The van der Waals surface area contributed by atoms with Crippen molar-refractivity contribution >= 4 is 5.91 Å². The van der Waals surface area contributed by atoms with E-state index in [4.69, 9.17) is 5.26 Å². The molecular formula is C13H17N3O. The minimum Gasteiger partial charge on any atom is -0.342 e. The fraction of sp³-hybridized carbons (Fsp3) is 0.385. The van der Waals surface area contributed by atoms with Crippen LogP contribution in [0, 0.1) is 18.3 Å². The van der Waals surface area contributed by atoms with Crippen molar-refractivity contribution in [3.63, 3.8) is 0 Å². The Balaban J connectivity index is 2.39. The van der Waals surface area contributed by atoms with Gasteiger partial charge in [0.2, 0.25) is 5.91 Å². The summed E-state index contributed by atoms with van der Waals surface area (Å²) < 4.78 is 0. The molecule has 4 nitrogen and oxygen atoms in total. The number of hydrogen-bond acceptors (Lipinski definition) is 3. The molecule has 0 radical (unpaired) electrons. The van der Waals surface area contributed by atoms with Crippen molar-refractivity contribution in [2.75, 3.05) is 13.1 Å². The first-order valence-electron chi connectivity index (χ1n) is 5.57. The monoisotopic (exact) mass is 231 g/mol. The van der Waals surface area contributed by atoms with Crippen molar-refractivity contribution in [3.8, 4) is 6.07 Å². The predicted molar refractivity (Wildman–Crippen MR) is 66.2 cm³/mol. The number of nitriles is 1. The normalized spacial score (nSPS) is 11.6. The third kappa shape index (κ3) is 4.66. The molecule has 2 N–H and O–H groups in total. The Kier molecular flexibility index (Phi) is 5.18. The summed E-state index contributed by atoms with van der Waals surface area (Å²) in [6.07, 6.45) is 0. The van der Waals surface area contributed by atoms with Crippen LogP contribution < -0.4 is 10.6 Å². The van der Waals surface area contributed by atoms with Crippen LogP contribution in [-0.2, 0) is 4.79 Å². The number of hydrogen-bond donors (Lipinski definition) is 2. The zero-order chi connectivity index (χ0) is 12.7. The Hall–Kier alpha value is -1.86. The van der Waals surface area contributed by atoms with Crippen LogP contribution >= 0.6 is 0 Å². The SMILES string of the molecule is Cc1ccc([C@H](C)NCC(=O)NCC#N)cc1. The lowest BCUT2D eigenvalue weighted by Crippen LogP contribution is -2.35. The van der Waals surface area contributed by atoms with Crippen molar-refractivity contribution in [1.82, 2.24) is 10.6 Å². The number of nitrogens with zero attached hydrogens (tertiary/aromatic N) is 1. The van der Waals surface area contributed by atoms with E-state index in [9.17, 15) is 4.79 Å². The molecular weight excluding hydrogens is 214 g/mol. The topological polar surface area (TPSA) is 64.9 Å². The van der Waals surface area contributed by atoms with E-state index in [2.05, 4.69) is 10.6 Å². The number of carbonyl (C=O) groups is 1. The molecule has 4 heteroatoms. The first-order valence-corrected chi connectivity index (χ1v) is 5.57. The molecule has 1 rings (SSSR count). The second-order valence-electron chi connectivity index (χ2n) is 3.95. The van der Waals surface area contributed by atoms with E-state index in [1.54, 1.807) is 0 Å². The second kappa shape index (κ2) is 6.66. The minimum absolute atomic E-state index is 0.0550. The van der Waals surface area contributed by atoms with Gasteiger partial charge in [0.25, 0.3) is 0 Å². The highest BCUT2D eigenvalue weighted by atomic mass is 16.1. The van der Waals surface area contributed by atoms with Crippen LogP contribution in [0.15, 0.2) is 24.3 Å². The molecule has 0 aromatic heterocycles. The molecule has 0 unspecified atom stereocenters. The maximum atomic E-state index is 11.3. The van der Waals surface area contributed by atoms with Crippen LogP contribution in [0.1, 0.15) is 24.1 Å². The van der Waals surface area contributed by atoms with Gasteiger partial charge in [0, 0.05) is 6.04 Å². The fourth-order valence-corrected chi connectivity index (χ4v) is 1.42. The van der Waals surface area contributed by atoms with E-state index in [1.165, 1.54) is 5.56 Å². The molecule has 90 valence electrons. The van der Waals surface area contributed by atoms with Crippen LogP contribution in [-0.4, -0.2) is 19.0 Å². The molecule has 1 aromatic rings. The molecule has 0 aliphatic heterocycles. The molecule has 0 fully saturated rings. The lowest BCUT2D eigenvalue weighted by Gasteiger charge is -2.13. The minimum atomic E-state index is -0.162. The highest BCUT2D eigenvalue weighted by Crippen LogP contribution is 2.12. The maximum Gasteiger partial charge on any atom is 0.234 e. The van der Waals surface area contributed by atoms with Gasteiger partial charge in [0.15, 0.2) is 0 Å². The van der Waals surface area contributed by atoms with E-state index in [0.717, 1.165) is 5.56 Å². The molecule has 0 aliphatic rings. The van der Waals surface area contributed by atoms with Crippen molar-refractivity contribution in [1.29, 1.82) is 5.26 Å². The third-order valence-corrected chi connectivity index (χ3v) is 2.51. The van der Waals surface area contributed by atoms with Gasteiger partial charge in [-0.15, -0.1) is 0 Å². The van der Waals surface area contributed by atoms with Crippen LogP contribution in [0.3, 0.4) is 0 Å². The van der Waals surface area contributed by atoms with Gasteiger partial charge in [-0.05, 0) is 19.4 Å². The lowest BCUT2D eigenvalue weighted by atomic mass is 10.1. The zero-order valence-corrected chi connectivity index (χ0v) is 10.2. The number of benzene rings is 1. The van der Waals surface area contributed by atoms with E-state index in [-0.39, 0.29) is 25.0 Å². The zero-order valence-electron chi connectivity index (χ0n) is 10.2. The smallest absolute Gasteiger partial charge is 0.234 e. The first-order chi connectivity index (χ1) is 8.13. The molecule has 1 atom stereocenters. The summed E-state index contributed by atoms with van der Waals surface area (Å²) in [6, 6.07) is 10.2. The summed E-state index contributed by atoms with van der Waals surface area (Å²) in [5.74, 6) is -0.162. The standard InChI is InChI=1S/C13H17N3O/c1-10-3-5-12(6-4-10)11(2)16-9-13(17)15-8-7-14/h3-6,11,16H,8-9H2,1-2H3,(H,15,17)/t11-/m0/s1. The van der Waals surface area contributed by atoms with Crippen molar-refractivity contribution < 1.29 is 4.79 Å². The molecule has 0 saturated heterocycles. The van der Waals surface area contributed by atoms with Gasteiger partial charge >= 0.3 is 0 Å². The van der Waals surface area contributed by atoms with Crippen LogP contribution in [0.4, 0.5) is 0 Å². The highest BCUT2D eigenvalue weighted by Gasteiger charge is 2.06. The lowest BCUT2D eigenvalue weighted by molar-refractivity contribution is -0.120. The maximum absolute atomic E-state index is 11.3. The van der Waals surface area contributed by atoms with Gasteiger partial charge in [-0.25, -0.2) is 0 Å². The van der Waals surface area contributed by atoms with E-state index in [0.29, 0.717) is 0 Å². The number of nitrogens with one attached hydrogen (secondary N) is 2. The van der Waals surface area contributed by atoms with Gasteiger partial charge in [0.1, 0.15) is 6.54 Å². The molecule has 0 aliphatic carbocycles. The third-order valence-electron chi connectivity index (χ3n) is 2.51. The van der Waals surface area contributed by atoms with Gasteiger partial charge in [-0.1, -0.05) is 29.8 Å². The number of aryl methyl sites for hydroxylation is 1. The van der Waals surface area contributed by atoms with Crippen molar-refractivity contribution in [2.24, 2.45) is 0 Å². The van der Waals surface area contributed by atoms with Crippen LogP contribution in [0.2, 0.25) is 0 Å². The van der Waals surface area contributed by atoms with Crippen molar-refractivity contribution in [2.45, 2.75) is 19.9 Å². The molecule has 0 heterocycles. The summed E-state index contributed by atoms with van der Waals surface area (Å²) in [4.78, 5) is 11.3. The summed E-state index contributed by atoms with van der Waals surface area (Å²) >= 11 is 0. The highest BCUT2D eigenvalue weighted by molar-refractivity contribution is 5.78. The molecule has 1 aromatic carbocycles.